The van der Waals surface area contributed by atoms with Crippen molar-refractivity contribution in [3.8, 4) is 22.8 Å². The van der Waals surface area contributed by atoms with Crippen LogP contribution in [-0.4, -0.2) is 42.6 Å². The molecule has 2 aromatic carbocycles. The molecule has 0 saturated heterocycles. The number of nitrogens with zero attached hydrogens (tertiary/aromatic N) is 5. The molecule has 0 aliphatic carbocycles. The van der Waals surface area contributed by atoms with E-state index in [0.29, 0.717) is 34.2 Å². The van der Waals surface area contributed by atoms with E-state index in [1.54, 1.807) is 30.0 Å². The molecule has 0 radical (unpaired) electrons. The maximum atomic E-state index is 12.6. The number of aromatic hydroxyl groups is 1. The van der Waals surface area contributed by atoms with Crippen molar-refractivity contribution in [1.29, 1.82) is 0 Å². The molecule has 1 atom stereocenters. The lowest BCUT2D eigenvalue weighted by molar-refractivity contribution is 0.415. The summed E-state index contributed by atoms with van der Waals surface area (Å²) in [6.45, 7) is 0. The quantitative estimate of drug-likeness (QED) is 0.426. The molecule has 5 rings (SSSR count). The lowest BCUT2D eigenvalue weighted by Gasteiger charge is -2.27. The number of aromatic nitrogens is 6. The van der Waals surface area contributed by atoms with E-state index in [9.17, 15) is 9.90 Å². The molecule has 0 bridgehead atoms. The second kappa shape index (κ2) is 6.44. The van der Waals surface area contributed by atoms with Crippen molar-refractivity contribution in [2.24, 2.45) is 0 Å². The number of H-pyrrole nitrogens is 1. The topological polar surface area (TPSA) is 131 Å². The van der Waals surface area contributed by atoms with Crippen LogP contribution in [0.3, 0.4) is 0 Å². The normalized spacial score (nSPS) is 14.6. The van der Waals surface area contributed by atoms with Crippen LogP contribution < -0.4 is 15.6 Å². The SMILES string of the molecule is COc1cccc(-c2n[nH]c(=O)c3c2[C@@H](c2cccc(O)c2)n2nnnc2N3)c1. The number of ether oxygens (including phenoxy) is 1. The zero-order chi connectivity index (χ0) is 20.0. The van der Waals surface area contributed by atoms with E-state index in [1.165, 1.54) is 0 Å². The molecule has 4 aromatic rings. The van der Waals surface area contributed by atoms with E-state index in [1.807, 2.05) is 30.3 Å². The van der Waals surface area contributed by atoms with Crippen LogP contribution in [0, 0.1) is 0 Å². The summed E-state index contributed by atoms with van der Waals surface area (Å²) in [5.74, 6) is 1.07. The van der Waals surface area contributed by atoms with Crippen molar-refractivity contribution < 1.29 is 9.84 Å². The zero-order valence-corrected chi connectivity index (χ0v) is 15.2. The van der Waals surface area contributed by atoms with Crippen molar-refractivity contribution in [2.75, 3.05) is 12.4 Å². The van der Waals surface area contributed by atoms with Crippen LogP contribution in [0.4, 0.5) is 11.6 Å². The summed E-state index contributed by atoms with van der Waals surface area (Å²) >= 11 is 0. The number of methoxy groups -OCH3 is 1. The Bertz CT molecular complexity index is 1280. The molecule has 1 aliphatic heterocycles. The third-order valence-corrected chi connectivity index (χ3v) is 4.80. The van der Waals surface area contributed by atoms with Crippen LogP contribution in [0.5, 0.6) is 11.5 Å². The summed E-state index contributed by atoms with van der Waals surface area (Å²) in [6, 6.07) is 13.5. The Labute approximate surface area is 163 Å². The summed E-state index contributed by atoms with van der Waals surface area (Å²) < 4.78 is 6.89. The average molecular weight is 389 g/mol. The van der Waals surface area contributed by atoms with Gasteiger partial charge in [0, 0.05) is 11.1 Å². The second-order valence-electron chi connectivity index (χ2n) is 6.49. The largest absolute Gasteiger partial charge is 0.508 e. The van der Waals surface area contributed by atoms with Crippen LogP contribution in [-0.2, 0) is 0 Å². The van der Waals surface area contributed by atoms with Gasteiger partial charge in [0.15, 0.2) is 0 Å². The van der Waals surface area contributed by atoms with Gasteiger partial charge >= 0.3 is 0 Å². The number of anilines is 2. The molecule has 0 amide bonds. The molecule has 2 aromatic heterocycles. The Morgan fingerprint density at radius 1 is 1.17 bits per heavy atom. The fourth-order valence-corrected chi connectivity index (χ4v) is 3.53. The average Bonchev–Trinajstić information content (AvgIpc) is 3.21. The number of hydrogen-bond acceptors (Lipinski definition) is 8. The van der Waals surface area contributed by atoms with Crippen LogP contribution in [0.2, 0.25) is 0 Å². The molecular weight excluding hydrogens is 374 g/mol. The Kier molecular flexibility index (Phi) is 3.76. The summed E-state index contributed by atoms with van der Waals surface area (Å²) in [5, 5.41) is 31.6. The summed E-state index contributed by atoms with van der Waals surface area (Å²) in [7, 11) is 1.58. The minimum atomic E-state index is -0.570. The molecule has 29 heavy (non-hydrogen) atoms. The third-order valence-electron chi connectivity index (χ3n) is 4.80. The van der Waals surface area contributed by atoms with Crippen LogP contribution in [0.15, 0.2) is 53.3 Å². The van der Waals surface area contributed by atoms with Crippen molar-refractivity contribution in [3.05, 3.63) is 70.0 Å². The van der Waals surface area contributed by atoms with E-state index in [4.69, 9.17) is 4.74 Å². The van der Waals surface area contributed by atoms with Gasteiger partial charge in [-0.05, 0) is 40.3 Å². The third kappa shape index (κ3) is 2.69. The fourth-order valence-electron chi connectivity index (χ4n) is 3.53. The predicted molar refractivity (Wildman–Crippen MR) is 103 cm³/mol. The first-order valence-corrected chi connectivity index (χ1v) is 8.76. The van der Waals surface area contributed by atoms with Crippen LogP contribution in [0.1, 0.15) is 17.2 Å². The Balaban J connectivity index is 1.82. The first-order chi connectivity index (χ1) is 14.2. The van der Waals surface area contributed by atoms with Crippen molar-refractivity contribution in [3.63, 3.8) is 0 Å². The smallest absolute Gasteiger partial charge is 0.288 e. The van der Waals surface area contributed by atoms with Gasteiger partial charge < -0.3 is 15.2 Å². The van der Waals surface area contributed by atoms with E-state index < -0.39 is 11.6 Å². The van der Waals surface area contributed by atoms with Crippen LogP contribution in [0.25, 0.3) is 11.3 Å². The highest BCUT2D eigenvalue weighted by molar-refractivity contribution is 5.76. The summed E-state index contributed by atoms with van der Waals surface area (Å²) in [4.78, 5) is 12.6. The second-order valence-corrected chi connectivity index (χ2v) is 6.49. The molecule has 10 heteroatoms. The highest BCUT2D eigenvalue weighted by atomic mass is 16.5. The highest BCUT2D eigenvalue weighted by Crippen LogP contribution is 2.41. The Morgan fingerprint density at radius 2 is 2.03 bits per heavy atom. The van der Waals surface area contributed by atoms with Gasteiger partial charge in [0.2, 0.25) is 5.95 Å². The number of hydrogen-bond donors (Lipinski definition) is 3. The van der Waals surface area contributed by atoms with Gasteiger partial charge in [0.05, 0.1) is 12.8 Å². The van der Waals surface area contributed by atoms with E-state index in [0.717, 1.165) is 5.56 Å². The Morgan fingerprint density at radius 3 is 2.86 bits per heavy atom. The van der Waals surface area contributed by atoms with Crippen molar-refractivity contribution in [1.82, 2.24) is 30.4 Å². The van der Waals surface area contributed by atoms with E-state index in [-0.39, 0.29) is 5.75 Å². The molecule has 144 valence electrons. The molecule has 3 N–H and O–H groups in total. The zero-order valence-electron chi connectivity index (χ0n) is 15.2. The lowest BCUT2D eigenvalue weighted by atomic mass is 9.92. The fraction of sp³-hybridized carbons (Fsp3) is 0.105. The number of fused-ring (bicyclic) bond motifs is 2. The van der Waals surface area contributed by atoms with Gasteiger partial charge in [-0.25, -0.2) is 5.10 Å². The first-order valence-electron chi connectivity index (χ1n) is 8.76. The number of rotatable bonds is 3. The summed E-state index contributed by atoms with van der Waals surface area (Å²) in [5.41, 5.74) is 2.49. The molecule has 10 nitrogen and oxygen atoms in total. The van der Waals surface area contributed by atoms with Gasteiger partial charge in [0.1, 0.15) is 23.2 Å². The minimum absolute atomic E-state index is 0.0953. The number of tetrazole rings is 1. The van der Waals surface area contributed by atoms with Gasteiger partial charge in [-0.3, -0.25) is 4.79 Å². The number of aromatic amines is 1. The number of nitrogens with one attached hydrogen (secondary N) is 2. The predicted octanol–water partition coefficient (Wildman–Crippen LogP) is 1.83. The van der Waals surface area contributed by atoms with Crippen LogP contribution >= 0.6 is 0 Å². The molecule has 0 fully saturated rings. The number of benzene rings is 2. The first kappa shape index (κ1) is 16.9. The highest BCUT2D eigenvalue weighted by Gasteiger charge is 2.34. The monoisotopic (exact) mass is 389 g/mol. The summed E-state index contributed by atoms with van der Waals surface area (Å²) in [6.07, 6.45) is 0. The molecule has 3 heterocycles. The van der Waals surface area contributed by atoms with Crippen molar-refractivity contribution >= 4 is 11.6 Å². The van der Waals surface area contributed by atoms with Gasteiger partial charge in [-0.2, -0.15) is 9.78 Å². The van der Waals surface area contributed by atoms with Gasteiger partial charge in [0.25, 0.3) is 5.56 Å². The van der Waals surface area contributed by atoms with E-state index >= 15 is 0 Å². The standard InChI is InChI=1S/C19H15N7O3/c1-29-13-7-3-4-10(9-13)15-14-16(18(28)22-21-15)20-19-23-24-25-26(19)17(14)11-5-2-6-12(27)8-11/h2-9,17,27H,1H3,(H,22,28)(H,20,23,25)/t17-/m1/s1. The molecular formula is C19H15N7O3. The lowest BCUT2D eigenvalue weighted by Crippen LogP contribution is -2.29. The number of phenols is 1. The molecule has 0 unspecified atom stereocenters. The maximum Gasteiger partial charge on any atom is 0.288 e. The molecule has 1 aliphatic rings. The number of phenolic OH excluding ortho intramolecular Hbond substituents is 1. The van der Waals surface area contributed by atoms with Gasteiger partial charge in [-0.15, -0.1) is 0 Å². The molecule has 0 saturated carbocycles. The maximum absolute atomic E-state index is 12.6. The van der Waals surface area contributed by atoms with Crippen molar-refractivity contribution in [2.45, 2.75) is 6.04 Å². The minimum Gasteiger partial charge on any atom is -0.508 e. The van der Waals surface area contributed by atoms with Gasteiger partial charge in [-0.1, -0.05) is 29.4 Å². The van der Waals surface area contributed by atoms with E-state index in [2.05, 4.69) is 31.0 Å². The molecule has 0 spiro atoms. The Hall–Kier alpha value is -4.21.